The van der Waals surface area contributed by atoms with Crippen molar-refractivity contribution in [2.45, 2.75) is 52.7 Å². The highest BCUT2D eigenvalue weighted by molar-refractivity contribution is 4.73. The van der Waals surface area contributed by atoms with E-state index in [0.29, 0.717) is 12.0 Å². The first-order valence-electron chi connectivity index (χ1n) is 6.47. The smallest absolute Gasteiger partial charge is 0.0692 e. The summed E-state index contributed by atoms with van der Waals surface area (Å²) in [6.07, 6.45) is 1.91. The van der Waals surface area contributed by atoms with E-state index in [0.717, 1.165) is 32.5 Å². The molecule has 0 aromatic heterocycles. The van der Waals surface area contributed by atoms with Gasteiger partial charge < -0.3 is 9.84 Å². The second-order valence-corrected chi connectivity index (χ2v) is 4.70. The Bertz CT molecular complexity index is 164. The van der Waals surface area contributed by atoms with Gasteiger partial charge in [0.25, 0.3) is 0 Å². The summed E-state index contributed by atoms with van der Waals surface area (Å²) in [5, 5.41) is 10.0. The lowest BCUT2D eigenvalue weighted by molar-refractivity contribution is 0.0396. The minimum Gasteiger partial charge on any atom is -0.392 e. The molecule has 98 valence electrons. The van der Waals surface area contributed by atoms with E-state index in [1.54, 1.807) is 7.11 Å². The van der Waals surface area contributed by atoms with Crippen LogP contribution in [0.2, 0.25) is 0 Å². The number of aliphatic hydroxyl groups excluding tert-OH is 1. The van der Waals surface area contributed by atoms with Crippen LogP contribution in [0.1, 0.15) is 40.5 Å². The molecule has 3 atom stereocenters. The molecular weight excluding hydrogens is 202 g/mol. The summed E-state index contributed by atoms with van der Waals surface area (Å²) >= 11 is 0. The molecule has 3 unspecified atom stereocenters. The van der Waals surface area contributed by atoms with Crippen LogP contribution in [-0.2, 0) is 4.74 Å². The molecule has 0 saturated carbocycles. The van der Waals surface area contributed by atoms with Crippen molar-refractivity contribution in [1.29, 1.82) is 0 Å². The molecule has 0 spiro atoms. The lowest BCUT2D eigenvalue weighted by Crippen LogP contribution is -2.42. The van der Waals surface area contributed by atoms with Gasteiger partial charge in [-0.3, -0.25) is 4.90 Å². The van der Waals surface area contributed by atoms with Gasteiger partial charge in [0.2, 0.25) is 0 Å². The molecule has 0 bridgehead atoms. The van der Waals surface area contributed by atoms with Gasteiger partial charge in [0.1, 0.15) is 0 Å². The normalized spacial score (nSPS) is 17.4. The standard InChI is InChI=1S/C13H29NO2/c1-6-11(3)13(15)10-14(8-9-16-5)12(4)7-2/h11-13,15H,6-10H2,1-5H3. The Morgan fingerprint density at radius 1 is 1.19 bits per heavy atom. The summed E-state index contributed by atoms with van der Waals surface area (Å²) in [6.45, 7) is 11.0. The highest BCUT2D eigenvalue weighted by Crippen LogP contribution is 2.12. The number of nitrogens with zero attached hydrogens (tertiary/aromatic N) is 1. The monoisotopic (exact) mass is 231 g/mol. The van der Waals surface area contributed by atoms with Crippen molar-refractivity contribution in [3.8, 4) is 0 Å². The molecule has 1 N–H and O–H groups in total. The summed E-state index contributed by atoms with van der Waals surface area (Å²) in [7, 11) is 1.72. The molecule has 16 heavy (non-hydrogen) atoms. The first-order chi connectivity index (χ1) is 7.56. The number of ether oxygens (including phenoxy) is 1. The highest BCUT2D eigenvalue weighted by Gasteiger charge is 2.19. The lowest BCUT2D eigenvalue weighted by atomic mass is 10.0. The zero-order valence-corrected chi connectivity index (χ0v) is 11.6. The van der Waals surface area contributed by atoms with Crippen LogP contribution in [0.5, 0.6) is 0 Å². The van der Waals surface area contributed by atoms with Crippen molar-refractivity contribution in [3.63, 3.8) is 0 Å². The van der Waals surface area contributed by atoms with Crippen LogP contribution in [0, 0.1) is 5.92 Å². The minimum absolute atomic E-state index is 0.226. The van der Waals surface area contributed by atoms with Crippen molar-refractivity contribution in [3.05, 3.63) is 0 Å². The van der Waals surface area contributed by atoms with Crippen LogP contribution < -0.4 is 0 Å². The molecule has 0 aliphatic rings. The van der Waals surface area contributed by atoms with Crippen molar-refractivity contribution >= 4 is 0 Å². The zero-order chi connectivity index (χ0) is 12.6. The average molecular weight is 231 g/mol. The van der Waals surface area contributed by atoms with E-state index in [2.05, 4.69) is 32.6 Å². The largest absolute Gasteiger partial charge is 0.392 e. The fourth-order valence-corrected chi connectivity index (χ4v) is 1.65. The summed E-state index contributed by atoms with van der Waals surface area (Å²) in [6, 6.07) is 0.508. The quantitative estimate of drug-likeness (QED) is 0.660. The van der Waals surface area contributed by atoms with Gasteiger partial charge in [-0.1, -0.05) is 27.2 Å². The number of hydrogen-bond donors (Lipinski definition) is 1. The van der Waals surface area contributed by atoms with Gasteiger partial charge in [-0.15, -0.1) is 0 Å². The van der Waals surface area contributed by atoms with Crippen LogP contribution in [0.3, 0.4) is 0 Å². The van der Waals surface area contributed by atoms with Gasteiger partial charge in [-0.2, -0.15) is 0 Å². The molecule has 0 radical (unpaired) electrons. The topological polar surface area (TPSA) is 32.7 Å². The SMILES string of the molecule is CCC(C)C(O)CN(CCOC)C(C)CC. The maximum absolute atomic E-state index is 10.0. The summed E-state index contributed by atoms with van der Waals surface area (Å²) in [5.74, 6) is 0.370. The van der Waals surface area contributed by atoms with Crippen LogP contribution in [-0.4, -0.2) is 49.0 Å². The lowest BCUT2D eigenvalue weighted by Gasteiger charge is -2.31. The maximum Gasteiger partial charge on any atom is 0.0692 e. The first kappa shape index (κ1) is 15.9. The third kappa shape index (κ3) is 5.83. The van der Waals surface area contributed by atoms with E-state index in [-0.39, 0.29) is 6.10 Å². The second kappa shape index (κ2) is 8.97. The van der Waals surface area contributed by atoms with E-state index in [4.69, 9.17) is 4.74 Å². The van der Waals surface area contributed by atoms with Gasteiger partial charge >= 0.3 is 0 Å². The Kier molecular flexibility index (Phi) is 8.90. The predicted molar refractivity (Wildman–Crippen MR) is 68.7 cm³/mol. The van der Waals surface area contributed by atoms with Gasteiger partial charge in [-0.25, -0.2) is 0 Å². The molecule has 0 fully saturated rings. The molecule has 0 saturated heterocycles. The molecule has 0 amide bonds. The van der Waals surface area contributed by atoms with Crippen LogP contribution in [0.15, 0.2) is 0 Å². The van der Waals surface area contributed by atoms with Crippen LogP contribution >= 0.6 is 0 Å². The predicted octanol–water partition coefficient (Wildman–Crippen LogP) is 2.14. The van der Waals surface area contributed by atoms with Gasteiger partial charge in [-0.05, 0) is 19.3 Å². The Balaban J connectivity index is 4.18. The molecule has 0 aliphatic carbocycles. The van der Waals surface area contributed by atoms with E-state index in [9.17, 15) is 5.11 Å². The molecule has 0 heterocycles. The summed E-state index contributed by atoms with van der Waals surface area (Å²) in [5.41, 5.74) is 0. The van der Waals surface area contributed by atoms with Crippen LogP contribution in [0.25, 0.3) is 0 Å². The third-order valence-corrected chi connectivity index (χ3v) is 3.52. The average Bonchev–Trinajstić information content (AvgIpc) is 2.31. The minimum atomic E-state index is -0.226. The molecule has 0 rings (SSSR count). The Hall–Kier alpha value is -0.120. The highest BCUT2D eigenvalue weighted by atomic mass is 16.5. The number of aliphatic hydroxyl groups is 1. The molecular formula is C13H29NO2. The third-order valence-electron chi connectivity index (χ3n) is 3.52. The van der Waals surface area contributed by atoms with Crippen LogP contribution in [0.4, 0.5) is 0 Å². The van der Waals surface area contributed by atoms with E-state index >= 15 is 0 Å². The van der Waals surface area contributed by atoms with Crippen molar-refractivity contribution in [1.82, 2.24) is 4.90 Å². The fraction of sp³-hybridized carbons (Fsp3) is 1.00. The fourth-order valence-electron chi connectivity index (χ4n) is 1.65. The summed E-state index contributed by atoms with van der Waals surface area (Å²) in [4.78, 5) is 2.32. The van der Waals surface area contributed by atoms with Gasteiger partial charge in [0.15, 0.2) is 0 Å². The zero-order valence-electron chi connectivity index (χ0n) is 11.6. The van der Waals surface area contributed by atoms with Gasteiger partial charge in [0, 0.05) is 26.2 Å². The van der Waals surface area contributed by atoms with Crippen molar-refractivity contribution in [2.24, 2.45) is 5.92 Å². The van der Waals surface area contributed by atoms with Gasteiger partial charge in [0.05, 0.1) is 12.7 Å². The molecule has 0 aromatic carbocycles. The van der Waals surface area contributed by atoms with Crippen molar-refractivity contribution in [2.75, 3.05) is 26.8 Å². The molecule has 0 aromatic rings. The summed E-state index contributed by atoms with van der Waals surface area (Å²) < 4.78 is 5.11. The van der Waals surface area contributed by atoms with E-state index < -0.39 is 0 Å². The molecule has 3 heteroatoms. The Morgan fingerprint density at radius 3 is 2.25 bits per heavy atom. The molecule has 0 aliphatic heterocycles. The van der Waals surface area contributed by atoms with E-state index in [1.165, 1.54) is 0 Å². The second-order valence-electron chi connectivity index (χ2n) is 4.70. The number of methoxy groups -OCH3 is 1. The van der Waals surface area contributed by atoms with E-state index in [1.807, 2.05) is 0 Å². The Labute approximate surface area is 101 Å². The first-order valence-corrected chi connectivity index (χ1v) is 6.47. The Morgan fingerprint density at radius 2 is 1.81 bits per heavy atom. The number of hydrogen-bond acceptors (Lipinski definition) is 3. The number of rotatable bonds is 9. The molecule has 3 nitrogen and oxygen atoms in total. The maximum atomic E-state index is 10.0. The van der Waals surface area contributed by atoms with Crippen molar-refractivity contribution < 1.29 is 9.84 Å².